The number of halogens is 1. The molecule has 1 aromatic heterocycles. The summed E-state index contributed by atoms with van der Waals surface area (Å²) in [7, 11) is 0. The summed E-state index contributed by atoms with van der Waals surface area (Å²) in [5, 5.41) is 5.27. The number of hydrogen-bond acceptors (Lipinski definition) is 4. The highest BCUT2D eigenvalue weighted by atomic mass is 32.1. The van der Waals surface area contributed by atoms with E-state index in [1.807, 2.05) is 0 Å². The van der Waals surface area contributed by atoms with Gasteiger partial charge in [0.2, 0.25) is 0 Å². The summed E-state index contributed by atoms with van der Waals surface area (Å²) >= 11 is 1.37. The Hall–Kier alpha value is -2.28. The first-order valence-electron chi connectivity index (χ1n) is 9.32. The van der Waals surface area contributed by atoms with E-state index in [0.29, 0.717) is 35.9 Å². The topological polar surface area (TPSA) is 62.3 Å². The monoisotopic (exact) mass is 391 g/mol. The van der Waals surface area contributed by atoms with Gasteiger partial charge in [0.05, 0.1) is 6.54 Å². The number of carbonyl (C=O) groups excluding carboxylic acids is 2. The molecule has 0 aliphatic heterocycles. The lowest BCUT2D eigenvalue weighted by atomic mass is 10.2. The first kappa shape index (κ1) is 21.0. The molecule has 1 aromatic carbocycles. The summed E-state index contributed by atoms with van der Waals surface area (Å²) in [6.07, 6.45) is 3.76. The van der Waals surface area contributed by atoms with Crippen molar-refractivity contribution in [3.63, 3.8) is 0 Å². The number of carbonyl (C=O) groups is 2. The van der Waals surface area contributed by atoms with Gasteiger partial charge in [-0.2, -0.15) is 0 Å². The summed E-state index contributed by atoms with van der Waals surface area (Å²) in [4.78, 5) is 31.0. The minimum absolute atomic E-state index is 0.160. The minimum Gasteiger partial charge on any atom is -0.351 e. The van der Waals surface area contributed by atoms with Gasteiger partial charge in [0.1, 0.15) is 16.5 Å². The van der Waals surface area contributed by atoms with Crippen molar-refractivity contribution in [2.24, 2.45) is 0 Å². The summed E-state index contributed by atoms with van der Waals surface area (Å²) < 4.78 is 13.1. The van der Waals surface area contributed by atoms with Crippen molar-refractivity contribution in [3.05, 3.63) is 51.7 Å². The van der Waals surface area contributed by atoms with Gasteiger partial charge in [0.15, 0.2) is 0 Å². The maximum atomic E-state index is 13.1. The molecule has 5 nitrogen and oxygen atoms in total. The van der Waals surface area contributed by atoms with Crippen LogP contribution < -0.4 is 5.32 Å². The SMILES string of the molecule is CCCCNC(=O)c1csc(CN(CCCC)C(=O)c2ccc(F)cc2)n1. The van der Waals surface area contributed by atoms with E-state index in [9.17, 15) is 14.0 Å². The first-order valence-corrected chi connectivity index (χ1v) is 10.2. The van der Waals surface area contributed by atoms with Crippen LogP contribution in [0.3, 0.4) is 0 Å². The predicted molar refractivity (Wildman–Crippen MR) is 105 cm³/mol. The standard InChI is InChI=1S/C20H26FN3O2S/c1-3-5-11-22-19(25)17-14-27-18(23-17)13-24(12-6-4-2)20(26)15-7-9-16(21)10-8-15/h7-10,14H,3-6,11-13H2,1-2H3,(H,22,25). The maximum Gasteiger partial charge on any atom is 0.270 e. The second kappa shape index (κ2) is 10.8. The molecule has 0 unspecified atom stereocenters. The smallest absolute Gasteiger partial charge is 0.270 e. The van der Waals surface area contributed by atoms with Crippen molar-refractivity contribution in [2.45, 2.75) is 46.1 Å². The molecular formula is C20H26FN3O2S. The van der Waals surface area contributed by atoms with Gasteiger partial charge >= 0.3 is 0 Å². The van der Waals surface area contributed by atoms with Gasteiger partial charge in [-0.05, 0) is 37.1 Å². The number of nitrogens with one attached hydrogen (secondary N) is 1. The van der Waals surface area contributed by atoms with Crippen LogP contribution in [0, 0.1) is 5.82 Å². The van der Waals surface area contributed by atoms with Crippen LogP contribution >= 0.6 is 11.3 Å². The molecule has 1 N–H and O–H groups in total. The average Bonchev–Trinajstić information content (AvgIpc) is 3.14. The number of benzene rings is 1. The Balaban J connectivity index is 2.06. The summed E-state index contributed by atoms with van der Waals surface area (Å²) in [6.45, 7) is 5.68. The predicted octanol–water partition coefficient (Wildman–Crippen LogP) is 4.25. The van der Waals surface area contributed by atoms with Gasteiger partial charge < -0.3 is 10.2 Å². The molecule has 0 radical (unpaired) electrons. The Labute approximate surface area is 163 Å². The van der Waals surface area contributed by atoms with Crippen LogP contribution in [0.15, 0.2) is 29.6 Å². The lowest BCUT2D eigenvalue weighted by molar-refractivity contribution is 0.0740. The Bertz CT molecular complexity index is 746. The van der Waals surface area contributed by atoms with Crippen molar-refractivity contribution in [1.82, 2.24) is 15.2 Å². The van der Waals surface area contributed by atoms with Crippen LogP contribution in [0.4, 0.5) is 4.39 Å². The Kier molecular flexibility index (Phi) is 8.39. The highest BCUT2D eigenvalue weighted by Crippen LogP contribution is 2.16. The molecule has 7 heteroatoms. The van der Waals surface area contributed by atoms with E-state index in [1.165, 1.54) is 35.6 Å². The molecule has 0 fully saturated rings. The highest BCUT2D eigenvalue weighted by Gasteiger charge is 2.18. The van der Waals surface area contributed by atoms with Gasteiger partial charge in [0.25, 0.3) is 11.8 Å². The van der Waals surface area contributed by atoms with E-state index >= 15 is 0 Å². The van der Waals surface area contributed by atoms with Crippen LogP contribution in [0.5, 0.6) is 0 Å². The van der Waals surface area contributed by atoms with Crippen molar-refractivity contribution < 1.29 is 14.0 Å². The molecule has 0 spiro atoms. The number of hydrogen-bond donors (Lipinski definition) is 1. The van der Waals surface area contributed by atoms with Crippen LogP contribution in [0.1, 0.15) is 65.4 Å². The van der Waals surface area contributed by atoms with Crippen LogP contribution in [-0.4, -0.2) is 34.8 Å². The van der Waals surface area contributed by atoms with Crippen LogP contribution in [0.2, 0.25) is 0 Å². The quantitative estimate of drug-likeness (QED) is 0.616. The molecule has 2 aromatic rings. The van der Waals surface area contributed by atoms with E-state index in [4.69, 9.17) is 0 Å². The fourth-order valence-corrected chi connectivity index (χ4v) is 3.29. The van der Waals surface area contributed by atoms with Crippen LogP contribution in [0.25, 0.3) is 0 Å². The fraction of sp³-hybridized carbons (Fsp3) is 0.450. The molecular weight excluding hydrogens is 365 g/mol. The largest absolute Gasteiger partial charge is 0.351 e. The Morgan fingerprint density at radius 3 is 2.52 bits per heavy atom. The zero-order chi connectivity index (χ0) is 19.6. The summed E-state index contributed by atoms with van der Waals surface area (Å²) in [5.74, 6) is -0.714. The Morgan fingerprint density at radius 2 is 1.85 bits per heavy atom. The van der Waals surface area contributed by atoms with Crippen molar-refractivity contribution in [3.8, 4) is 0 Å². The third kappa shape index (κ3) is 6.43. The van der Waals surface area contributed by atoms with Crippen molar-refractivity contribution >= 4 is 23.2 Å². The number of unbranched alkanes of at least 4 members (excludes halogenated alkanes) is 2. The van der Waals surface area contributed by atoms with Gasteiger partial charge in [-0.1, -0.05) is 26.7 Å². The lowest BCUT2D eigenvalue weighted by Crippen LogP contribution is -2.31. The Morgan fingerprint density at radius 1 is 1.15 bits per heavy atom. The molecule has 0 saturated carbocycles. The molecule has 0 aliphatic rings. The van der Waals surface area contributed by atoms with E-state index < -0.39 is 0 Å². The highest BCUT2D eigenvalue weighted by molar-refractivity contribution is 7.09. The van der Waals surface area contributed by atoms with E-state index in [-0.39, 0.29) is 17.6 Å². The maximum absolute atomic E-state index is 13.1. The third-order valence-corrected chi connectivity index (χ3v) is 4.92. The second-order valence-electron chi connectivity index (χ2n) is 6.32. The molecule has 146 valence electrons. The fourth-order valence-electron chi connectivity index (χ4n) is 2.50. The van der Waals surface area contributed by atoms with Crippen molar-refractivity contribution in [1.29, 1.82) is 0 Å². The third-order valence-electron chi connectivity index (χ3n) is 4.09. The second-order valence-corrected chi connectivity index (χ2v) is 7.27. The van der Waals surface area contributed by atoms with Crippen molar-refractivity contribution in [2.75, 3.05) is 13.1 Å². The number of thiazole rings is 1. The van der Waals surface area contributed by atoms with Crippen LogP contribution in [-0.2, 0) is 6.54 Å². The number of amides is 2. The van der Waals surface area contributed by atoms with Gasteiger partial charge in [-0.15, -0.1) is 11.3 Å². The lowest BCUT2D eigenvalue weighted by Gasteiger charge is -2.21. The zero-order valence-electron chi connectivity index (χ0n) is 15.8. The molecule has 2 rings (SSSR count). The number of nitrogens with zero attached hydrogens (tertiary/aromatic N) is 2. The minimum atomic E-state index is -0.370. The molecule has 0 atom stereocenters. The average molecular weight is 392 g/mol. The number of rotatable bonds is 10. The molecule has 1 heterocycles. The first-order chi connectivity index (χ1) is 13.0. The summed E-state index contributed by atoms with van der Waals surface area (Å²) in [5.41, 5.74) is 0.831. The molecule has 0 aliphatic carbocycles. The molecule has 0 saturated heterocycles. The van der Waals surface area contributed by atoms with E-state index in [2.05, 4.69) is 24.1 Å². The van der Waals surface area contributed by atoms with E-state index in [0.717, 1.165) is 25.7 Å². The van der Waals surface area contributed by atoms with Gasteiger partial charge in [-0.3, -0.25) is 9.59 Å². The summed E-state index contributed by atoms with van der Waals surface area (Å²) in [6, 6.07) is 5.55. The zero-order valence-corrected chi connectivity index (χ0v) is 16.7. The normalized spacial score (nSPS) is 10.6. The molecule has 0 bridgehead atoms. The van der Waals surface area contributed by atoms with E-state index in [1.54, 1.807) is 10.3 Å². The molecule has 27 heavy (non-hydrogen) atoms. The van der Waals surface area contributed by atoms with Gasteiger partial charge in [-0.25, -0.2) is 9.37 Å². The molecule has 2 amide bonds. The van der Waals surface area contributed by atoms with Gasteiger partial charge in [0, 0.05) is 24.0 Å². The number of aromatic nitrogens is 1.